The second-order valence-corrected chi connectivity index (χ2v) is 11.1. The first-order chi connectivity index (χ1) is 20.0. The van der Waals surface area contributed by atoms with E-state index in [1.54, 1.807) is 19.1 Å². The summed E-state index contributed by atoms with van der Waals surface area (Å²) in [6.07, 6.45) is -3.28. The summed E-state index contributed by atoms with van der Waals surface area (Å²) in [7, 11) is 1.42. The van der Waals surface area contributed by atoms with Gasteiger partial charge in [-0.25, -0.2) is 9.37 Å². The largest absolute Gasteiger partial charge is 0.493 e. The van der Waals surface area contributed by atoms with Crippen LogP contribution in [-0.2, 0) is 5.60 Å². The number of aromatic nitrogens is 1. The van der Waals surface area contributed by atoms with Crippen molar-refractivity contribution in [1.29, 1.82) is 0 Å². The summed E-state index contributed by atoms with van der Waals surface area (Å²) < 4.78 is 69.1. The summed E-state index contributed by atoms with van der Waals surface area (Å²) in [6, 6.07) is 11.7. The van der Waals surface area contributed by atoms with Crippen LogP contribution in [0.25, 0.3) is 11.3 Å². The van der Waals surface area contributed by atoms with Gasteiger partial charge >= 0.3 is 6.18 Å². The average molecular weight is 587 g/mol. The molecule has 0 amide bonds. The first kappa shape index (κ1) is 30.0. The number of carbonyl (C=O) groups is 1. The number of carbonyl (C=O) groups excluding carboxylic acids is 1. The summed E-state index contributed by atoms with van der Waals surface area (Å²) in [5.74, 6) is -0.295. The van der Waals surface area contributed by atoms with Gasteiger partial charge in [0, 0.05) is 17.5 Å². The fourth-order valence-corrected chi connectivity index (χ4v) is 5.26. The van der Waals surface area contributed by atoms with Crippen molar-refractivity contribution < 1.29 is 36.9 Å². The number of aryl methyl sites for hydroxylation is 1. The topological polar surface area (TPSA) is 80.7 Å². The molecule has 1 atom stereocenters. The summed E-state index contributed by atoms with van der Waals surface area (Å²) in [5.41, 5.74) is -2.25. The quantitative estimate of drug-likeness (QED) is 0.205. The number of halogens is 4. The van der Waals surface area contributed by atoms with E-state index in [1.165, 1.54) is 43.5 Å². The highest BCUT2D eigenvalue weighted by molar-refractivity contribution is 5.96. The molecule has 1 saturated carbocycles. The molecule has 2 N–H and O–H groups in total. The van der Waals surface area contributed by atoms with Crippen LogP contribution in [-0.4, -0.2) is 48.4 Å². The molecular weight excluding hydrogens is 552 g/mol. The number of hydrogen-bond acceptors (Lipinski definition) is 6. The maximum absolute atomic E-state index is 14.7. The van der Waals surface area contributed by atoms with Crippen LogP contribution < -0.4 is 14.8 Å². The first-order valence-corrected chi connectivity index (χ1v) is 14.1. The fourth-order valence-electron chi connectivity index (χ4n) is 5.26. The zero-order valence-corrected chi connectivity index (χ0v) is 23.6. The van der Waals surface area contributed by atoms with Gasteiger partial charge in [-0.2, -0.15) is 13.2 Å². The molecule has 224 valence electrons. The number of nitrogens with one attached hydrogen (secondary N) is 1. The van der Waals surface area contributed by atoms with Gasteiger partial charge in [0.25, 0.3) is 0 Å². The number of nitrogens with zero attached hydrogens (tertiary/aromatic N) is 1. The lowest BCUT2D eigenvalue weighted by Crippen LogP contribution is -2.43. The molecule has 2 aromatic carbocycles. The lowest BCUT2D eigenvalue weighted by molar-refractivity contribution is -0.270. The Balaban J connectivity index is 1.48. The Bertz CT molecular complexity index is 1450. The first-order valence-electron chi connectivity index (χ1n) is 14.1. The van der Waals surface area contributed by atoms with Gasteiger partial charge < -0.3 is 19.9 Å². The Morgan fingerprint density at radius 2 is 1.76 bits per heavy atom. The Kier molecular flexibility index (Phi) is 8.57. The van der Waals surface area contributed by atoms with Gasteiger partial charge in [0.05, 0.1) is 24.6 Å². The lowest BCUT2D eigenvalue weighted by Gasteiger charge is -2.32. The fraction of sp³-hybridized carbons (Fsp3) is 0.438. The summed E-state index contributed by atoms with van der Waals surface area (Å²) in [5, 5.41) is 14.5. The molecule has 42 heavy (non-hydrogen) atoms. The number of pyridine rings is 1. The Hall–Kier alpha value is -3.50. The molecular formula is C32H34F4N2O4. The second kappa shape index (κ2) is 12.0. The van der Waals surface area contributed by atoms with E-state index in [0.29, 0.717) is 54.1 Å². The SMILES string of the molecule is COc1cc(C(=O)CCC(O)(c2cc(C3CCNCC3)cc(-c3ccc(F)c(C)c3)n2)C(F)(F)F)ccc1OC1CC1. The van der Waals surface area contributed by atoms with Crippen molar-refractivity contribution in [3.63, 3.8) is 0 Å². The number of alkyl halides is 3. The third kappa shape index (κ3) is 6.44. The molecule has 6 nitrogen and oxygen atoms in total. The van der Waals surface area contributed by atoms with Crippen molar-refractivity contribution in [1.82, 2.24) is 10.3 Å². The van der Waals surface area contributed by atoms with Crippen molar-refractivity contribution in [3.05, 3.63) is 76.7 Å². The molecule has 1 aromatic heterocycles. The molecule has 2 fully saturated rings. The number of methoxy groups -OCH3 is 1. The minimum absolute atomic E-state index is 0.0451. The molecule has 0 radical (unpaired) electrons. The molecule has 1 unspecified atom stereocenters. The lowest BCUT2D eigenvalue weighted by atomic mass is 9.85. The second-order valence-electron chi connectivity index (χ2n) is 11.1. The molecule has 2 aliphatic rings. The van der Waals surface area contributed by atoms with E-state index in [-0.39, 0.29) is 23.3 Å². The molecule has 10 heteroatoms. The Labute approximate surface area is 242 Å². The van der Waals surface area contributed by atoms with Crippen LogP contribution in [0.4, 0.5) is 17.6 Å². The van der Waals surface area contributed by atoms with Gasteiger partial charge in [-0.1, -0.05) is 0 Å². The van der Waals surface area contributed by atoms with Crippen LogP contribution in [0.5, 0.6) is 11.5 Å². The summed E-state index contributed by atoms with van der Waals surface area (Å²) in [6.45, 7) is 2.98. The van der Waals surface area contributed by atoms with Gasteiger partial charge in [0.1, 0.15) is 5.82 Å². The number of piperidine rings is 1. The molecule has 0 bridgehead atoms. The highest BCUT2D eigenvalue weighted by Gasteiger charge is 2.56. The van der Waals surface area contributed by atoms with Gasteiger partial charge in [0.2, 0.25) is 5.60 Å². The van der Waals surface area contributed by atoms with Crippen LogP contribution in [0.15, 0.2) is 48.5 Å². The van der Waals surface area contributed by atoms with Crippen LogP contribution in [0, 0.1) is 12.7 Å². The highest BCUT2D eigenvalue weighted by Crippen LogP contribution is 2.44. The van der Waals surface area contributed by atoms with E-state index >= 15 is 0 Å². The van der Waals surface area contributed by atoms with Gasteiger partial charge in [-0.3, -0.25) is 4.79 Å². The van der Waals surface area contributed by atoms with Crippen molar-refractivity contribution >= 4 is 5.78 Å². The summed E-state index contributed by atoms with van der Waals surface area (Å²) in [4.78, 5) is 17.4. The summed E-state index contributed by atoms with van der Waals surface area (Å²) >= 11 is 0. The third-order valence-corrected chi connectivity index (χ3v) is 8.02. The number of Topliss-reactive ketones (excluding diaryl/α,β-unsaturated/α-hetero) is 1. The van der Waals surface area contributed by atoms with Crippen LogP contribution in [0.2, 0.25) is 0 Å². The number of aliphatic hydroxyl groups is 1. The smallest absolute Gasteiger partial charge is 0.422 e. The monoisotopic (exact) mass is 586 g/mol. The van der Waals surface area contributed by atoms with Gasteiger partial charge in [-0.05, 0) is 118 Å². The van der Waals surface area contributed by atoms with Crippen molar-refractivity contribution in [2.45, 2.75) is 69.2 Å². The molecule has 1 aliphatic heterocycles. The minimum atomic E-state index is -5.12. The number of benzene rings is 2. The van der Waals surface area contributed by atoms with Crippen LogP contribution >= 0.6 is 0 Å². The molecule has 2 heterocycles. The number of ketones is 1. The van der Waals surface area contributed by atoms with E-state index < -0.39 is 41.9 Å². The number of hydrogen-bond donors (Lipinski definition) is 2. The zero-order valence-electron chi connectivity index (χ0n) is 23.6. The number of ether oxygens (including phenoxy) is 2. The van der Waals surface area contributed by atoms with Gasteiger partial charge in [0.15, 0.2) is 17.3 Å². The zero-order chi connectivity index (χ0) is 30.1. The third-order valence-electron chi connectivity index (χ3n) is 8.02. The molecule has 1 saturated heterocycles. The highest BCUT2D eigenvalue weighted by atomic mass is 19.4. The van der Waals surface area contributed by atoms with E-state index in [4.69, 9.17) is 9.47 Å². The van der Waals surface area contributed by atoms with Crippen molar-refractivity contribution in [2.24, 2.45) is 0 Å². The Morgan fingerprint density at radius 1 is 1.02 bits per heavy atom. The minimum Gasteiger partial charge on any atom is -0.493 e. The van der Waals surface area contributed by atoms with E-state index in [2.05, 4.69) is 10.3 Å². The van der Waals surface area contributed by atoms with Crippen molar-refractivity contribution in [2.75, 3.05) is 20.2 Å². The molecule has 0 spiro atoms. The normalized spacial score (nSPS) is 17.5. The number of rotatable bonds is 10. The van der Waals surface area contributed by atoms with E-state index in [1.807, 2.05) is 0 Å². The maximum Gasteiger partial charge on any atom is 0.422 e. The average Bonchev–Trinajstić information content (AvgIpc) is 3.81. The predicted octanol–water partition coefficient (Wildman–Crippen LogP) is 6.63. The van der Waals surface area contributed by atoms with Crippen LogP contribution in [0.1, 0.15) is 71.6 Å². The predicted molar refractivity (Wildman–Crippen MR) is 149 cm³/mol. The molecule has 1 aliphatic carbocycles. The van der Waals surface area contributed by atoms with Crippen molar-refractivity contribution in [3.8, 4) is 22.8 Å². The standard InChI is InChI=1S/C32H34F4N2O4/c1-19-15-21(3-7-25(19)33)26-16-23(20-10-13-37-14-11-20)18-30(38-26)31(40,32(34,35)36)12-9-27(39)22-4-8-28(29(17-22)41-2)42-24-5-6-24/h3-4,7-8,15-18,20,24,37,40H,5-6,9-14H2,1-2H3. The molecule has 5 rings (SSSR count). The van der Waals surface area contributed by atoms with Crippen LogP contribution in [0.3, 0.4) is 0 Å². The van der Waals surface area contributed by atoms with E-state index in [9.17, 15) is 27.5 Å². The maximum atomic E-state index is 14.7. The van der Waals surface area contributed by atoms with E-state index in [0.717, 1.165) is 12.8 Å². The van der Waals surface area contributed by atoms with Gasteiger partial charge in [-0.15, -0.1) is 0 Å². The Morgan fingerprint density at radius 3 is 2.40 bits per heavy atom. The molecule has 3 aromatic rings.